The molecule has 8 rings (SSSR count). The highest BCUT2D eigenvalue weighted by Gasteiger charge is 2.40. The van der Waals surface area contributed by atoms with Crippen LogP contribution in [0.15, 0.2) is 42.5 Å². The summed E-state index contributed by atoms with van der Waals surface area (Å²) in [5.41, 5.74) is 2.60. The molecule has 0 aliphatic carbocycles. The zero-order chi connectivity index (χ0) is 33.6. The summed E-state index contributed by atoms with van der Waals surface area (Å²) >= 11 is 0. The van der Waals surface area contributed by atoms with Gasteiger partial charge in [0.25, 0.3) is 5.91 Å². The van der Waals surface area contributed by atoms with Gasteiger partial charge < -0.3 is 24.0 Å². The topological polar surface area (TPSA) is 117 Å². The van der Waals surface area contributed by atoms with Crippen LogP contribution in [-0.4, -0.2) is 122 Å². The molecule has 0 unspecified atom stereocenters. The second-order valence-electron chi connectivity index (χ2n) is 13.8. The molecular weight excluding hydrogens is 631 g/mol. The maximum atomic E-state index is 15.5. The van der Waals surface area contributed by atoms with E-state index in [0.717, 1.165) is 68.3 Å². The molecule has 0 radical (unpaired) electrons. The number of likely N-dealkylation sites (tertiary alicyclic amines) is 1. The third-order valence-electron chi connectivity index (χ3n) is 10.6. The number of fused-ring (bicyclic) bond motifs is 2. The van der Waals surface area contributed by atoms with Gasteiger partial charge in [0.2, 0.25) is 11.8 Å². The first kappa shape index (κ1) is 32.1. The van der Waals surface area contributed by atoms with Crippen molar-refractivity contribution < 1.29 is 33.0 Å². The van der Waals surface area contributed by atoms with Crippen LogP contribution in [0.3, 0.4) is 0 Å². The number of benzene rings is 2. The number of carbonyl (C=O) groups excluding carboxylic acids is 3. The minimum atomic E-state index is -0.664. The lowest BCUT2D eigenvalue weighted by molar-refractivity contribution is -0.136. The van der Waals surface area contributed by atoms with E-state index in [2.05, 4.69) is 20.0 Å². The molecule has 2 aromatic carbocycles. The minimum Gasteiger partial charge on any atom is -0.489 e. The number of pyridine rings is 1. The minimum absolute atomic E-state index is 0.0895. The summed E-state index contributed by atoms with van der Waals surface area (Å²) in [6, 6.07) is 12.9. The van der Waals surface area contributed by atoms with Gasteiger partial charge in [0.15, 0.2) is 0 Å². The van der Waals surface area contributed by atoms with E-state index in [1.165, 1.54) is 4.90 Å². The molecule has 258 valence electrons. The van der Waals surface area contributed by atoms with Gasteiger partial charge in [0, 0.05) is 82.8 Å². The van der Waals surface area contributed by atoms with E-state index in [0.29, 0.717) is 49.0 Å². The van der Waals surface area contributed by atoms with E-state index in [1.807, 2.05) is 24.3 Å². The standard InChI is InChI=1S/C36H41FN6O6/c1-47-19-25-16-40(18-31(25)49-27-3-4-28-24(14-27)17-43(36(28)46)30-5-7-33(44)39-35(30)45)15-22-12-23-2-6-32(38-34(23)29(37)13-22)42-10-8-41(9-11-42)26-20-48-21-26/h2-4,6,12-14,25-26,30-31H,5,7-11,15-21H2,1H3,(H,39,44,45)/t25-,30-,31+/m0/s1. The molecule has 0 spiro atoms. The van der Waals surface area contributed by atoms with Crippen LogP contribution in [0, 0.1) is 11.7 Å². The largest absolute Gasteiger partial charge is 0.489 e. The zero-order valence-corrected chi connectivity index (χ0v) is 27.6. The number of rotatable bonds is 9. The molecule has 5 aliphatic heterocycles. The van der Waals surface area contributed by atoms with E-state index in [9.17, 15) is 14.4 Å². The smallest absolute Gasteiger partial charge is 0.255 e. The van der Waals surface area contributed by atoms with Crippen LogP contribution in [0.2, 0.25) is 0 Å². The number of methoxy groups -OCH3 is 1. The van der Waals surface area contributed by atoms with Crippen LogP contribution in [0.25, 0.3) is 10.9 Å². The fourth-order valence-corrected chi connectivity index (χ4v) is 7.88. The van der Waals surface area contributed by atoms with Gasteiger partial charge in [0.05, 0.1) is 25.9 Å². The Morgan fingerprint density at radius 3 is 2.61 bits per heavy atom. The second-order valence-corrected chi connectivity index (χ2v) is 13.8. The number of carbonyl (C=O) groups is 3. The number of nitrogens with one attached hydrogen (secondary N) is 1. The third kappa shape index (κ3) is 6.36. The summed E-state index contributed by atoms with van der Waals surface area (Å²) in [5.74, 6) is 0.262. The molecule has 0 saturated carbocycles. The van der Waals surface area contributed by atoms with Crippen molar-refractivity contribution in [3.63, 3.8) is 0 Å². The summed E-state index contributed by atoms with van der Waals surface area (Å²) < 4.78 is 32.9. The molecule has 3 amide bonds. The van der Waals surface area contributed by atoms with Gasteiger partial charge in [-0.1, -0.05) is 0 Å². The average molecular weight is 673 g/mol. The first-order valence-corrected chi connectivity index (χ1v) is 17.1. The van der Waals surface area contributed by atoms with Crippen LogP contribution in [-0.2, 0) is 32.2 Å². The molecule has 3 aromatic rings. The summed E-state index contributed by atoms with van der Waals surface area (Å²) in [5, 5.41) is 3.12. The number of piperazine rings is 1. The summed E-state index contributed by atoms with van der Waals surface area (Å²) in [6.07, 6.45) is 0.355. The maximum absolute atomic E-state index is 15.5. The Kier molecular flexibility index (Phi) is 8.68. The number of ether oxygens (including phenoxy) is 3. The summed E-state index contributed by atoms with van der Waals surface area (Å²) in [4.78, 5) is 50.4. The molecule has 4 fully saturated rings. The zero-order valence-electron chi connectivity index (χ0n) is 27.6. The summed E-state index contributed by atoms with van der Waals surface area (Å²) in [7, 11) is 1.67. The Morgan fingerprint density at radius 1 is 1.02 bits per heavy atom. The lowest BCUT2D eigenvalue weighted by atomic mass is 10.0. The fourth-order valence-electron chi connectivity index (χ4n) is 7.88. The Morgan fingerprint density at radius 2 is 1.86 bits per heavy atom. The lowest BCUT2D eigenvalue weighted by Gasteiger charge is -2.42. The number of anilines is 1. The number of piperidine rings is 1. The van der Waals surface area contributed by atoms with Crippen molar-refractivity contribution in [1.82, 2.24) is 25.0 Å². The van der Waals surface area contributed by atoms with Crippen molar-refractivity contribution in [1.29, 1.82) is 0 Å². The summed E-state index contributed by atoms with van der Waals surface area (Å²) in [6.45, 7) is 7.95. The molecule has 12 nitrogen and oxygen atoms in total. The molecule has 49 heavy (non-hydrogen) atoms. The third-order valence-corrected chi connectivity index (χ3v) is 10.6. The number of hydrogen-bond acceptors (Lipinski definition) is 10. The van der Waals surface area contributed by atoms with Gasteiger partial charge in [-0.15, -0.1) is 0 Å². The molecule has 1 N–H and O–H groups in total. The van der Waals surface area contributed by atoms with Crippen LogP contribution in [0.4, 0.5) is 10.2 Å². The second kappa shape index (κ2) is 13.3. The van der Waals surface area contributed by atoms with E-state index in [4.69, 9.17) is 19.2 Å². The highest BCUT2D eigenvalue weighted by atomic mass is 19.1. The van der Waals surface area contributed by atoms with Crippen molar-refractivity contribution in [2.75, 3.05) is 71.1 Å². The predicted molar refractivity (Wildman–Crippen MR) is 178 cm³/mol. The van der Waals surface area contributed by atoms with E-state index in [1.54, 1.807) is 25.3 Å². The monoisotopic (exact) mass is 672 g/mol. The van der Waals surface area contributed by atoms with Gasteiger partial charge in [-0.05, 0) is 60.0 Å². The normalized spacial score (nSPS) is 25.2. The Labute approximate surface area is 284 Å². The highest BCUT2D eigenvalue weighted by Crippen LogP contribution is 2.33. The van der Waals surface area contributed by atoms with Gasteiger partial charge >= 0.3 is 0 Å². The van der Waals surface area contributed by atoms with Gasteiger partial charge in [0.1, 0.15) is 35.0 Å². The van der Waals surface area contributed by atoms with Crippen LogP contribution >= 0.6 is 0 Å². The van der Waals surface area contributed by atoms with E-state index < -0.39 is 11.9 Å². The van der Waals surface area contributed by atoms with Gasteiger partial charge in [-0.2, -0.15) is 0 Å². The Hall–Kier alpha value is -4.17. The lowest BCUT2D eigenvalue weighted by Crippen LogP contribution is -2.56. The number of nitrogens with zero attached hydrogens (tertiary/aromatic N) is 5. The van der Waals surface area contributed by atoms with Crippen LogP contribution in [0.5, 0.6) is 5.75 Å². The molecule has 4 saturated heterocycles. The van der Waals surface area contributed by atoms with Crippen LogP contribution in [0.1, 0.15) is 34.3 Å². The molecular formula is C36H41FN6O6. The SMILES string of the molecule is COC[C@@H]1CN(Cc2cc(F)c3nc(N4CCN(C5COC5)CC4)ccc3c2)C[C@H]1Oc1ccc2c(c1)CN([C@H]1CCC(=O)NC1=O)C2=O. The highest BCUT2D eigenvalue weighted by molar-refractivity contribution is 6.05. The van der Waals surface area contributed by atoms with E-state index in [-0.39, 0.29) is 42.6 Å². The number of halogens is 1. The van der Waals surface area contributed by atoms with Crippen molar-refractivity contribution in [2.24, 2.45) is 5.92 Å². The van der Waals surface area contributed by atoms with Gasteiger partial charge in [-0.3, -0.25) is 29.5 Å². The average Bonchev–Trinajstić information content (AvgIpc) is 3.59. The molecule has 6 heterocycles. The first-order chi connectivity index (χ1) is 23.8. The Balaban J connectivity index is 0.917. The van der Waals surface area contributed by atoms with E-state index >= 15 is 4.39 Å². The molecule has 5 aliphatic rings. The quantitative estimate of drug-likeness (QED) is 0.339. The fraction of sp³-hybridized carbons (Fsp3) is 0.500. The Bertz CT molecular complexity index is 1780. The predicted octanol–water partition coefficient (Wildman–Crippen LogP) is 2.18. The molecule has 1 aromatic heterocycles. The number of imide groups is 1. The number of amides is 3. The van der Waals surface area contributed by atoms with Gasteiger partial charge in [-0.25, -0.2) is 9.37 Å². The number of aromatic nitrogens is 1. The number of hydrogen-bond donors (Lipinski definition) is 1. The molecule has 13 heteroatoms. The van der Waals surface area contributed by atoms with Crippen molar-refractivity contribution >= 4 is 34.4 Å². The molecule has 3 atom stereocenters. The first-order valence-electron chi connectivity index (χ1n) is 17.1. The molecule has 0 bridgehead atoms. The maximum Gasteiger partial charge on any atom is 0.255 e. The van der Waals surface area contributed by atoms with Crippen molar-refractivity contribution in [3.8, 4) is 5.75 Å². The van der Waals surface area contributed by atoms with Crippen LogP contribution < -0.4 is 15.0 Å². The van der Waals surface area contributed by atoms with Crippen molar-refractivity contribution in [2.45, 2.75) is 44.1 Å². The van der Waals surface area contributed by atoms with Crippen molar-refractivity contribution in [3.05, 3.63) is 65.0 Å².